The van der Waals surface area contributed by atoms with Crippen molar-refractivity contribution in [3.63, 3.8) is 0 Å². The molecule has 0 aliphatic heterocycles. The molecule has 0 spiro atoms. The third kappa shape index (κ3) is 4.83. The smallest absolute Gasteiger partial charge is 0.265 e. The van der Waals surface area contributed by atoms with Gasteiger partial charge >= 0.3 is 0 Å². The Kier molecular flexibility index (Phi) is 6.04. The quantitative estimate of drug-likeness (QED) is 0.582. The van der Waals surface area contributed by atoms with Crippen LogP contribution in [0.15, 0.2) is 65.3 Å². The van der Waals surface area contributed by atoms with Crippen LogP contribution in [0.4, 0.5) is 5.69 Å². The highest BCUT2D eigenvalue weighted by Crippen LogP contribution is 2.23. The number of aryl methyl sites for hydroxylation is 1. The fourth-order valence-electron chi connectivity index (χ4n) is 2.57. The summed E-state index contributed by atoms with van der Waals surface area (Å²) in [5.74, 6) is 1.81. The van der Waals surface area contributed by atoms with Gasteiger partial charge in [-0.15, -0.1) is 0 Å². The van der Waals surface area contributed by atoms with E-state index in [0.717, 1.165) is 17.0 Å². The number of rotatable bonds is 7. The maximum absolute atomic E-state index is 12.9. The van der Waals surface area contributed by atoms with Crippen LogP contribution >= 0.6 is 11.6 Å². The minimum atomic E-state index is -0.191. The van der Waals surface area contributed by atoms with Crippen molar-refractivity contribution < 1.29 is 18.7 Å². The third-order valence-corrected chi connectivity index (χ3v) is 4.50. The van der Waals surface area contributed by atoms with E-state index < -0.39 is 0 Å². The molecule has 0 unspecified atom stereocenters. The van der Waals surface area contributed by atoms with Crippen LogP contribution in [-0.4, -0.2) is 19.6 Å². The van der Waals surface area contributed by atoms with Gasteiger partial charge < -0.3 is 18.8 Å². The summed E-state index contributed by atoms with van der Waals surface area (Å²) in [4.78, 5) is 14.5. The lowest BCUT2D eigenvalue weighted by molar-refractivity contribution is -0.120. The van der Waals surface area contributed by atoms with E-state index in [1.54, 1.807) is 54.7 Å². The van der Waals surface area contributed by atoms with Gasteiger partial charge in [-0.2, -0.15) is 0 Å². The minimum Gasteiger partial charge on any atom is -0.497 e. The number of nitrogens with zero attached hydrogens (tertiary/aromatic N) is 1. The van der Waals surface area contributed by atoms with Crippen LogP contribution in [0.25, 0.3) is 0 Å². The largest absolute Gasteiger partial charge is 0.497 e. The number of methoxy groups -OCH3 is 1. The Balaban J connectivity index is 1.75. The zero-order chi connectivity index (χ0) is 19.2. The van der Waals surface area contributed by atoms with E-state index in [0.29, 0.717) is 23.1 Å². The van der Waals surface area contributed by atoms with Gasteiger partial charge in [0, 0.05) is 10.7 Å². The van der Waals surface area contributed by atoms with E-state index in [4.69, 9.17) is 25.5 Å². The second-order valence-corrected chi connectivity index (χ2v) is 6.36. The molecule has 0 N–H and O–H groups in total. The topological polar surface area (TPSA) is 51.9 Å². The van der Waals surface area contributed by atoms with E-state index in [1.165, 1.54) is 0 Å². The molecule has 140 valence electrons. The Morgan fingerprint density at radius 2 is 1.85 bits per heavy atom. The number of anilines is 1. The number of benzene rings is 2. The molecule has 3 rings (SSSR count). The molecule has 27 heavy (non-hydrogen) atoms. The lowest BCUT2D eigenvalue weighted by Gasteiger charge is -2.22. The lowest BCUT2D eigenvalue weighted by atomic mass is 10.2. The average molecular weight is 386 g/mol. The van der Waals surface area contributed by atoms with Crippen molar-refractivity contribution in [1.29, 1.82) is 0 Å². The molecular formula is C21H20ClNO4. The summed E-state index contributed by atoms with van der Waals surface area (Å²) >= 11 is 6.03. The molecule has 2 aromatic carbocycles. The summed E-state index contributed by atoms with van der Waals surface area (Å²) in [6.45, 7) is 2.09. The molecule has 1 amide bonds. The Labute approximate surface area is 163 Å². The van der Waals surface area contributed by atoms with Crippen molar-refractivity contribution in [3.8, 4) is 11.5 Å². The number of furan rings is 1. The molecule has 0 aliphatic rings. The molecule has 0 saturated heterocycles. The van der Waals surface area contributed by atoms with E-state index in [9.17, 15) is 4.79 Å². The first-order valence-electron chi connectivity index (χ1n) is 8.42. The number of hydrogen-bond acceptors (Lipinski definition) is 4. The highest BCUT2D eigenvalue weighted by molar-refractivity contribution is 6.31. The van der Waals surface area contributed by atoms with Gasteiger partial charge in [-0.1, -0.05) is 11.6 Å². The molecule has 0 bridgehead atoms. The zero-order valence-corrected chi connectivity index (χ0v) is 15.9. The molecule has 6 heteroatoms. The fourth-order valence-corrected chi connectivity index (χ4v) is 2.69. The minimum absolute atomic E-state index is 0.103. The van der Waals surface area contributed by atoms with E-state index in [-0.39, 0.29) is 12.5 Å². The summed E-state index contributed by atoms with van der Waals surface area (Å²) in [5.41, 5.74) is 1.62. The predicted molar refractivity (Wildman–Crippen MR) is 105 cm³/mol. The van der Waals surface area contributed by atoms with Gasteiger partial charge in [-0.05, 0) is 67.1 Å². The highest BCUT2D eigenvalue weighted by Gasteiger charge is 2.18. The maximum Gasteiger partial charge on any atom is 0.265 e. The lowest BCUT2D eigenvalue weighted by Crippen LogP contribution is -2.34. The van der Waals surface area contributed by atoms with Crippen LogP contribution in [0.2, 0.25) is 5.02 Å². The molecule has 3 aromatic rings. The molecular weight excluding hydrogens is 366 g/mol. The first kappa shape index (κ1) is 18.9. The number of amides is 1. The molecule has 1 aromatic heterocycles. The monoisotopic (exact) mass is 385 g/mol. The Morgan fingerprint density at radius 3 is 2.48 bits per heavy atom. The molecule has 1 heterocycles. The van der Waals surface area contributed by atoms with Gasteiger partial charge in [0.15, 0.2) is 6.61 Å². The summed E-state index contributed by atoms with van der Waals surface area (Å²) < 4.78 is 16.2. The van der Waals surface area contributed by atoms with Crippen molar-refractivity contribution in [2.75, 3.05) is 18.6 Å². The zero-order valence-electron chi connectivity index (χ0n) is 15.1. The second-order valence-electron chi connectivity index (χ2n) is 5.96. The van der Waals surface area contributed by atoms with Crippen molar-refractivity contribution in [2.45, 2.75) is 13.5 Å². The maximum atomic E-state index is 12.9. The van der Waals surface area contributed by atoms with Crippen LogP contribution < -0.4 is 14.4 Å². The van der Waals surface area contributed by atoms with Crippen LogP contribution in [-0.2, 0) is 11.3 Å². The fraction of sp³-hybridized carbons (Fsp3) is 0.190. The molecule has 0 radical (unpaired) electrons. The van der Waals surface area contributed by atoms with Crippen molar-refractivity contribution in [1.82, 2.24) is 0 Å². The van der Waals surface area contributed by atoms with Gasteiger partial charge in [0.2, 0.25) is 0 Å². The van der Waals surface area contributed by atoms with Crippen LogP contribution in [0.3, 0.4) is 0 Å². The SMILES string of the molecule is COc1ccc(N(Cc2ccco2)C(=O)COc2ccc(Cl)c(C)c2)cc1. The molecule has 0 atom stereocenters. The van der Waals surface area contributed by atoms with Crippen LogP contribution in [0.5, 0.6) is 11.5 Å². The van der Waals surface area contributed by atoms with Crippen LogP contribution in [0.1, 0.15) is 11.3 Å². The van der Waals surface area contributed by atoms with Crippen molar-refractivity contribution in [3.05, 3.63) is 77.2 Å². The van der Waals surface area contributed by atoms with Crippen molar-refractivity contribution >= 4 is 23.2 Å². The number of ether oxygens (including phenoxy) is 2. The Hall–Kier alpha value is -2.92. The van der Waals surface area contributed by atoms with Gasteiger partial charge in [0.25, 0.3) is 5.91 Å². The molecule has 0 saturated carbocycles. The van der Waals surface area contributed by atoms with Gasteiger partial charge in [0.1, 0.15) is 17.3 Å². The van der Waals surface area contributed by atoms with Crippen molar-refractivity contribution in [2.24, 2.45) is 0 Å². The number of halogens is 1. The summed E-state index contributed by atoms with van der Waals surface area (Å²) in [7, 11) is 1.60. The number of carbonyl (C=O) groups excluding carboxylic acids is 1. The number of hydrogen-bond donors (Lipinski definition) is 0. The number of carbonyl (C=O) groups is 1. The first-order valence-corrected chi connectivity index (χ1v) is 8.80. The van der Waals surface area contributed by atoms with E-state index >= 15 is 0 Å². The third-order valence-electron chi connectivity index (χ3n) is 4.07. The highest BCUT2D eigenvalue weighted by atomic mass is 35.5. The van der Waals surface area contributed by atoms with Gasteiger partial charge in [-0.3, -0.25) is 4.79 Å². The van der Waals surface area contributed by atoms with Crippen LogP contribution in [0, 0.1) is 6.92 Å². The normalized spacial score (nSPS) is 10.5. The van der Waals surface area contributed by atoms with E-state index in [1.807, 2.05) is 25.1 Å². The van der Waals surface area contributed by atoms with Gasteiger partial charge in [-0.25, -0.2) is 0 Å². The first-order chi connectivity index (χ1) is 13.1. The Bertz CT molecular complexity index is 891. The second kappa shape index (κ2) is 8.64. The Morgan fingerprint density at radius 1 is 1.11 bits per heavy atom. The summed E-state index contributed by atoms with van der Waals surface area (Å²) in [6.07, 6.45) is 1.58. The average Bonchev–Trinajstić information content (AvgIpc) is 3.20. The summed E-state index contributed by atoms with van der Waals surface area (Å²) in [6, 6.07) is 16.2. The molecule has 5 nitrogen and oxygen atoms in total. The predicted octanol–water partition coefficient (Wildman–Crippen LogP) is 4.86. The molecule has 0 aliphatic carbocycles. The van der Waals surface area contributed by atoms with Gasteiger partial charge in [0.05, 0.1) is 19.9 Å². The molecule has 0 fully saturated rings. The van der Waals surface area contributed by atoms with E-state index in [2.05, 4.69) is 0 Å². The summed E-state index contributed by atoms with van der Waals surface area (Å²) in [5, 5.41) is 0.659. The standard InChI is InChI=1S/C21H20ClNO4/c1-15-12-18(9-10-20(15)22)27-14-21(24)23(13-19-4-3-11-26-19)16-5-7-17(25-2)8-6-16/h3-12H,13-14H2,1-2H3.